The number of nitrogens with zero attached hydrogens (tertiary/aromatic N) is 2. The topological polar surface area (TPSA) is 180 Å². The molecule has 0 bridgehead atoms. The molecule has 2 aliphatic heterocycles. The van der Waals surface area contributed by atoms with Gasteiger partial charge in [-0.3, -0.25) is 9.59 Å². The molecule has 41 heavy (non-hydrogen) atoms. The Bertz CT molecular complexity index is 1220. The molecule has 2 atom stereocenters. The van der Waals surface area contributed by atoms with E-state index in [0.717, 1.165) is 14.2 Å². The lowest BCUT2D eigenvalue weighted by molar-refractivity contribution is -0.144. The Balaban J connectivity index is 0.000000414. The average molecular weight is 627 g/mol. The summed E-state index contributed by atoms with van der Waals surface area (Å²) in [5, 5.41) is -1.33. The van der Waals surface area contributed by atoms with Gasteiger partial charge in [-0.1, -0.05) is 6.08 Å². The van der Waals surface area contributed by atoms with Crippen LogP contribution in [0.25, 0.3) is 0 Å². The molecule has 2 amide bonds. The molecule has 236 valence electrons. The number of carbonyl (C=O) groups excluding carboxylic acids is 4. The van der Waals surface area contributed by atoms with Gasteiger partial charge in [-0.15, -0.1) is 6.58 Å². The number of methoxy groups -OCH3 is 2. The van der Waals surface area contributed by atoms with Crippen LogP contribution in [0, 0.1) is 0 Å². The second-order valence-corrected chi connectivity index (χ2v) is 16.2. The minimum absolute atomic E-state index is 0.0186. The molecule has 16 heteroatoms. The molecule has 0 N–H and O–H groups in total. The monoisotopic (exact) mass is 626 g/mol. The molecule has 2 aliphatic rings. The van der Waals surface area contributed by atoms with Gasteiger partial charge >= 0.3 is 24.1 Å². The first-order chi connectivity index (χ1) is 18.6. The summed E-state index contributed by atoms with van der Waals surface area (Å²) in [6.07, 6.45) is -0.0648. The van der Waals surface area contributed by atoms with Crippen molar-refractivity contribution < 1.29 is 55.0 Å². The molecule has 0 aromatic heterocycles. The molecule has 0 aromatic rings. The van der Waals surface area contributed by atoms with Gasteiger partial charge in [0.15, 0.2) is 29.7 Å². The van der Waals surface area contributed by atoms with Crippen molar-refractivity contribution in [2.75, 3.05) is 51.9 Å². The van der Waals surface area contributed by atoms with E-state index >= 15 is 0 Å². The molecule has 2 unspecified atom stereocenters. The van der Waals surface area contributed by atoms with Crippen LogP contribution in [0.5, 0.6) is 0 Å². The first-order valence-corrected chi connectivity index (χ1v) is 16.1. The summed E-state index contributed by atoms with van der Waals surface area (Å²) >= 11 is 0. The highest BCUT2D eigenvalue weighted by molar-refractivity contribution is 7.93. The van der Waals surface area contributed by atoms with Crippen LogP contribution < -0.4 is 0 Å². The molecule has 0 spiro atoms. The van der Waals surface area contributed by atoms with Crippen molar-refractivity contribution in [2.24, 2.45) is 0 Å². The van der Waals surface area contributed by atoms with Crippen molar-refractivity contribution in [3.05, 3.63) is 12.7 Å². The lowest BCUT2D eigenvalue weighted by atomic mass is 10.0. The Labute approximate surface area is 242 Å². The number of carbonyl (C=O) groups is 4. The summed E-state index contributed by atoms with van der Waals surface area (Å²) in [6, 6.07) is 0. The summed E-state index contributed by atoms with van der Waals surface area (Å²) in [4.78, 5) is 50.0. The van der Waals surface area contributed by atoms with Gasteiger partial charge in [0, 0.05) is 13.1 Å². The zero-order valence-corrected chi connectivity index (χ0v) is 26.6. The van der Waals surface area contributed by atoms with Gasteiger partial charge in [0.1, 0.15) is 11.2 Å². The second kappa shape index (κ2) is 13.4. The Morgan fingerprint density at radius 1 is 0.854 bits per heavy atom. The minimum Gasteiger partial charge on any atom is -0.468 e. The average Bonchev–Trinajstić information content (AvgIpc) is 2.82. The van der Waals surface area contributed by atoms with Crippen LogP contribution in [0.3, 0.4) is 0 Å². The van der Waals surface area contributed by atoms with Crippen LogP contribution in [0.4, 0.5) is 9.59 Å². The first-order valence-electron chi connectivity index (χ1n) is 12.7. The number of esters is 2. The van der Waals surface area contributed by atoms with Crippen LogP contribution in [0.1, 0.15) is 48.0 Å². The molecule has 0 radical (unpaired) electrons. The van der Waals surface area contributed by atoms with Crippen molar-refractivity contribution in [2.45, 2.75) is 69.2 Å². The van der Waals surface area contributed by atoms with E-state index in [9.17, 15) is 36.0 Å². The van der Waals surface area contributed by atoms with E-state index in [4.69, 9.17) is 9.47 Å². The highest BCUT2D eigenvalue weighted by atomic mass is 32.2. The Kier molecular flexibility index (Phi) is 11.8. The zero-order chi connectivity index (χ0) is 32.0. The smallest absolute Gasteiger partial charge is 0.410 e. The van der Waals surface area contributed by atoms with Crippen LogP contribution >= 0.6 is 0 Å². The maximum atomic E-state index is 12.4. The number of amides is 2. The molecular formula is C25H42N2O12S2. The normalized spacial score (nSPS) is 23.7. The van der Waals surface area contributed by atoms with Crippen molar-refractivity contribution in [1.29, 1.82) is 0 Å². The fraction of sp³-hybridized carbons (Fsp3) is 0.760. The zero-order valence-electron chi connectivity index (χ0n) is 24.9. The van der Waals surface area contributed by atoms with Crippen molar-refractivity contribution in [3.8, 4) is 0 Å². The maximum Gasteiger partial charge on any atom is 0.410 e. The van der Waals surface area contributed by atoms with Gasteiger partial charge in [-0.05, 0) is 48.0 Å². The summed E-state index contributed by atoms with van der Waals surface area (Å²) in [5.41, 5.74) is -1.38. The summed E-state index contributed by atoms with van der Waals surface area (Å²) in [5.74, 6) is -2.34. The van der Waals surface area contributed by atoms with Crippen molar-refractivity contribution in [1.82, 2.24) is 9.80 Å². The van der Waals surface area contributed by atoms with Crippen LogP contribution in [-0.2, 0) is 48.2 Å². The third-order valence-electron chi connectivity index (χ3n) is 5.94. The van der Waals surface area contributed by atoms with Gasteiger partial charge in [0.2, 0.25) is 0 Å². The highest BCUT2D eigenvalue weighted by Crippen LogP contribution is 2.31. The minimum atomic E-state index is -3.76. The summed E-state index contributed by atoms with van der Waals surface area (Å²) < 4.78 is 66.0. The predicted molar refractivity (Wildman–Crippen MR) is 149 cm³/mol. The van der Waals surface area contributed by atoms with E-state index in [1.165, 1.54) is 15.9 Å². The van der Waals surface area contributed by atoms with Gasteiger partial charge in [-0.2, -0.15) is 0 Å². The molecule has 2 saturated heterocycles. The molecule has 2 fully saturated rings. The van der Waals surface area contributed by atoms with Crippen molar-refractivity contribution >= 4 is 43.8 Å². The van der Waals surface area contributed by atoms with Crippen LogP contribution in [-0.4, -0.2) is 124 Å². The SMILES string of the molecule is C=CCC1(C(=O)OC)CN(C(=O)OC(C)(C)C)CCS1(=O)=O.COC(=O)C1CN(C(=O)OC(C)(C)C)CCS1(=O)=O. The van der Waals surface area contributed by atoms with E-state index in [1.54, 1.807) is 41.5 Å². The van der Waals surface area contributed by atoms with E-state index in [0.29, 0.717) is 0 Å². The second-order valence-electron chi connectivity index (χ2n) is 11.5. The Morgan fingerprint density at radius 3 is 1.78 bits per heavy atom. The van der Waals surface area contributed by atoms with E-state index in [-0.39, 0.29) is 44.1 Å². The summed E-state index contributed by atoms with van der Waals surface area (Å²) in [6.45, 7) is 13.2. The molecule has 14 nitrogen and oxygen atoms in total. The number of hydrogen-bond acceptors (Lipinski definition) is 12. The third kappa shape index (κ3) is 9.58. The number of sulfone groups is 2. The van der Waals surface area contributed by atoms with E-state index in [1.807, 2.05) is 0 Å². The third-order valence-corrected chi connectivity index (χ3v) is 10.3. The number of rotatable bonds is 4. The lowest BCUT2D eigenvalue weighted by Crippen LogP contribution is -2.62. The van der Waals surface area contributed by atoms with Crippen LogP contribution in [0.2, 0.25) is 0 Å². The fourth-order valence-electron chi connectivity index (χ4n) is 3.91. The first kappa shape index (κ1) is 36.1. The lowest BCUT2D eigenvalue weighted by Gasteiger charge is -2.39. The molecule has 2 heterocycles. The standard InChI is InChI=1S/C14H23NO6S.C11H19NO6S/c1-6-7-14(11(16)20-5)10-15(8-9-22(14,18)19)12(17)21-13(2,3)4;1-11(2,3)18-10(14)12-5-6-19(15,16)8(7-12)9(13)17-4/h6H,1,7-10H2,2-5H3;8H,5-7H2,1-4H3. The van der Waals surface area contributed by atoms with Crippen LogP contribution in [0.15, 0.2) is 12.7 Å². The van der Waals surface area contributed by atoms with E-state index in [2.05, 4.69) is 16.1 Å². The number of ether oxygens (including phenoxy) is 4. The van der Waals surface area contributed by atoms with E-state index < -0.39 is 65.0 Å². The fourth-order valence-corrected chi connectivity index (χ4v) is 7.38. The molecule has 0 saturated carbocycles. The highest BCUT2D eigenvalue weighted by Gasteiger charge is 2.55. The van der Waals surface area contributed by atoms with Gasteiger partial charge in [-0.25, -0.2) is 26.4 Å². The number of allylic oxidation sites excluding steroid dienone is 1. The largest absolute Gasteiger partial charge is 0.468 e. The van der Waals surface area contributed by atoms with Gasteiger partial charge in [0.05, 0.1) is 38.8 Å². The Morgan fingerprint density at radius 2 is 1.34 bits per heavy atom. The molecular weight excluding hydrogens is 584 g/mol. The molecule has 2 rings (SSSR count). The van der Waals surface area contributed by atoms with Gasteiger partial charge < -0.3 is 28.7 Å². The Hall–Kier alpha value is -2.88. The number of hydrogen-bond donors (Lipinski definition) is 0. The van der Waals surface area contributed by atoms with Gasteiger partial charge in [0.25, 0.3) is 0 Å². The quantitative estimate of drug-likeness (QED) is 0.249. The predicted octanol–water partition coefficient (Wildman–Crippen LogP) is 1.33. The van der Waals surface area contributed by atoms with Crippen molar-refractivity contribution in [3.63, 3.8) is 0 Å². The summed E-state index contributed by atoms with van der Waals surface area (Å²) in [7, 11) is -5.10. The maximum absolute atomic E-state index is 12.4. The molecule has 0 aliphatic carbocycles. The molecule has 0 aromatic carbocycles.